The number of H-pyrrole nitrogens is 1. The Labute approximate surface area is 169 Å². The van der Waals surface area contributed by atoms with E-state index >= 15 is 0 Å². The fraction of sp³-hybridized carbons (Fsp3) is 0.0526. The van der Waals surface area contributed by atoms with Crippen LogP contribution < -0.4 is 20.7 Å². The summed E-state index contributed by atoms with van der Waals surface area (Å²) in [5.74, 6) is -0.625. The standard InChI is InChI=1S/C19H14ClN5O4/c20-14-3-1-11(23-18(27)10-7-21-22-8-10)5-13(14)19(28)24-12-2-4-15-16(6-12)29-9-17(26)25-15/h1-8H,9H2,(H,21,22)(H,23,27)(H,24,28)(H,25,26). The Hall–Kier alpha value is -3.85. The topological polar surface area (TPSA) is 125 Å². The van der Waals surface area contributed by atoms with Gasteiger partial charge in [0.2, 0.25) is 0 Å². The van der Waals surface area contributed by atoms with Crippen LogP contribution in [0.3, 0.4) is 0 Å². The minimum Gasteiger partial charge on any atom is -0.482 e. The molecular weight excluding hydrogens is 398 g/mol. The maximum absolute atomic E-state index is 12.7. The zero-order valence-electron chi connectivity index (χ0n) is 14.8. The Morgan fingerprint density at radius 2 is 1.83 bits per heavy atom. The second-order valence-corrected chi connectivity index (χ2v) is 6.54. The summed E-state index contributed by atoms with van der Waals surface area (Å²) in [6.45, 7) is -0.0887. The van der Waals surface area contributed by atoms with Crippen molar-refractivity contribution in [3.63, 3.8) is 0 Å². The molecule has 0 bridgehead atoms. The van der Waals surface area contributed by atoms with Gasteiger partial charge in [-0.2, -0.15) is 5.10 Å². The quantitative estimate of drug-likeness (QED) is 0.525. The minimum absolute atomic E-state index is 0.0887. The van der Waals surface area contributed by atoms with Gasteiger partial charge in [-0.1, -0.05) is 11.6 Å². The highest BCUT2D eigenvalue weighted by Crippen LogP contribution is 2.31. The van der Waals surface area contributed by atoms with Crippen LogP contribution in [-0.4, -0.2) is 34.5 Å². The van der Waals surface area contributed by atoms with Gasteiger partial charge < -0.3 is 20.7 Å². The molecule has 0 aliphatic carbocycles. The molecule has 146 valence electrons. The van der Waals surface area contributed by atoms with Crippen molar-refractivity contribution in [1.82, 2.24) is 10.2 Å². The predicted octanol–water partition coefficient (Wildman–Crippen LogP) is 2.90. The molecule has 10 heteroatoms. The normalized spacial score (nSPS) is 12.4. The largest absolute Gasteiger partial charge is 0.482 e. The molecule has 0 saturated heterocycles. The van der Waals surface area contributed by atoms with Gasteiger partial charge in [0.05, 0.1) is 28.0 Å². The first-order valence-electron chi connectivity index (χ1n) is 8.47. The zero-order chi connectivity index (χ0) is 20.4. The Bertz CT molecular complexity index is 1110. The van der Waals surface area contributed by atoms with Crippen LogP contribution in [0.15, 0.2) is 48.8 Å². The molecule has 0 radical (unpaired) electrons. The van der Waals surface area contributed by atoms with E-state index in [0.717, 1.165) is 0 Å². The molecule has 2 aromatic carbocycles. The van der Waals surface area contributed by atoms with Gasteiger partial charge in [-0.3, -0.25) is 19.5 Å². The summed E-state index contributed by atoms with van der Waals surface area (Å²) in [7, 11) is 0. The minimum atomic E-state index is -0.464. The number of halogens is 1. The first-order chi connectivity index (χ1) is 14.0. The smallest absolute Gasteiger partial charge is 0.262 e. The lowest BCUT2D eigenvalue weighted by atomic mass is 10.1. The Morgan fingerprint density at radius 1 is 1.07 bits per heavy atom. The molecule has 0 saturated carbocycles. The summed E-state index contributed by atoms with van der Waals surface area (Å²) in [5.41, 5.74) is 1.94. The van der Waals surface area contributed by atoms with Crippen LogP contribution in [0.2, 0.25) is 5.02 Å². The van der Waals surface area contributed by atoms with Crippen molar-refractivity contribution in [2.75, 3.05) is 22.6 Å². The number of nitrogens with one attached hydrogen (secondary N) is 4. The van der Waals surface area contributed by atoms with Gasteiger partial charge in [-0.25, -0.2) is 0 Å². The van der Waals surface area contributed by atoms with Crippen LogP contribution in [-0.2, 0) is 4.79 Å². The van der Waals surface area contributed by atoms with E-state index < -0.39 is 5.91 Å². The van der Waals surface area contributed by atoms with Gasteiger partial charge in [0, 0.05) is 23.6 Å². The number of rotatable bonds is 4. The highest BCUT2D eigenvalue weighted by Gasteiger charge is 2.18. The first kappa shape index (κ1) is 18.5. The number of nitrogens with zero attached hydrogens (tertiary/aromatic N) is 1. The monoisotopic (exact) mass is 411 g/mol. The van der Waals surface area contributed by atoms with E-state index in [1.807, 2.05) is 0 Å². The number of hydrogen-bond acceptors (Lipinski definition) is 5. The maximum Gasteiger partial charge on any atom is 0.262 e. The molecule has 1 aliphatic heterocycles. The van der Waals surface area contributed by atoms with Crippen molar-refractivity contribution >= 4 is 46.4 Å². The number of carbonyl (C=O) groups is 3. The maximum atomic E-state index is 12.7. The summed E-state index contributed by atoms with van der Waals surface area (Å²) in [6.07, 6.45) is 2.85. The van der Waals surface area contributed by atoms with E-state index in [0.29, 0.717) is 28.4 Å². The lowest BCUT2D eigenvalue weighted by Crippen LogP contribution is -2.25. The van der Waals surface area contributed by atoms with E-state index in [-0.39, 0.29) is 29.0 Å². The Balaban J connectivity index is 1.51. The van der Waals surface area contributed by atoms with Gasteiger partial charge in [0.1, 0.15) is 5.75 Å². The molecule has 1 aromatic heterocycles. The molecule has 29 heavy (non-hydrogen) atoms. The molecule has 0 unspecified atom stereocenters. The second kappa shape index (κ2) is 7.64. The second-order valence-electron chi connectivity index (χ2n) is 6.14. The number of anilines is 3. The molecule has 0 atom stereocenters. The van der Waals surface area contributed by atoms with Crippen molar-refractivity contribution in [3.05, 3.63) is 64.9 Å². The highest BCUT2D eigenvalue weighted by molar-refractivity contribution is 6.34. The number of aromatic amines is 1. The van der Waals surface area contributed by atoms with Crippen molar-refractivity contribution in [3.8, 4) is 5.75 Å². The molecule has 4 N–H and O–H groups in total. The number of ether oxygens (including phenoxy) is 1. The highest BCUT2D eigenvalue weighted by atomic mass is 35.5. The van der Waals surface area contributed by atoms with E-state index in [1.54, 1.807) is 24.3 Å². The lowest BCUT2D eigenvalue weighted by molar-refractivity contribution is -0.118. The van der Waals surface area contributed by atoms with Crippen LogP contribution in [0.25, 0.3) is 0 Å². The number of amides is 3. The molecule has 1 aliphatic rings. The number of fused-ring (bicyclic) bond motifs is 1. The molecule has 3 amide bonds. The lowest BCUT2D eigenvalue weighted by Gasteiger charge is -2.18. The van der Waals surface area contributed by atoms with E-state index in [2.05, 4.69) is 26.1 Å². The third-order valence-electron chi connectivity index (χ3n) is 4.10. The summed E-state index contributed by atoms with van der Waals surface area (Å²) < 4.78 is 5.34. The zero-order valence-corrected chi connectivity index (χ0v) is 15.5. The summed E-state index contributed by atoms with van der Waals surface area (Å²) in [4.78, 5) is 36.2. The third kappa shape index (κ3) is 4.04. The van der Waals surface area contributed by atoms with Crippen LogP contribution in [0, 0.1) is 0 Å². The fourth-order valence-electron chi connectivity index (χ4n) is 2.71. The fourth-order valence-corrected chi connectivity index (χ4v) is 2.91. The average molecular weight is 412 g/mol. The van der Waals surface area contributed by atoms with Crippen LogP contribution in [0.1, 0.15) is 20.7 Å². The SMILES string of the molecule is O=C1COc2cc(NC(=O)c3cc(NC(=O)c4cn[nH]c4)ccc3Cl)ccc2N1. The molecule has 2 heterocycles. The average Bonchev–Trinajstić information content (AvgIpc) is 3.24. The number of aromatic nitrogens is 2. The molecule has 9 nitrogen and oxygen atoms in total. The van der Waals surface area contributed by atoms with Crippen LogP contribution in [0.4, 0.5) is 17.1 Å². The van der Waals surface area contributed by atoms with Gasteiger partial charge in [-0.15, -0.1) is 0 Å². The van der Waals surface area contributed by atoms with E-state index in [9.17, 15) is 14.4 Å². The molecular formula is C19H14ClN5O4. The van der Waals surface area contributed by atoms with Gasteiger partial charge in [0.25, 0.3) is 17.7 Å². The molecule has 3 aromatic rings. The number of hydrogen-bond donors (Lipinski definition) is 4. The Morgan fingerprint density at radius 3 is 2.62 bits per heavy atom. The van der Waals surface area contributed by atoms with Gasteiger partial charge in [0.15, 0.2) is 6.61 Å². The van der Waals surface area contributed by atoms with Crippen molar-refractivity contribution in [2.45, 2.75) is 0 Å². The van der Waals surface area contributed by atoms with Gasteiger partial charge in [-0.05, 0) is 30.3 Å². The summed E-state index contributed by atoms with van der Waals surface area (Å²) in [6, 6.07) is 9.45. The molecule has 0 spiro atoms. The van der Waals surface area contributed by atoms with Gasteiger partial charge >= 0.3 is 0 Å². The van der Waals surface area contributed by atoms with E-state index in [1.165, 1.54) is 24.5 Å². The van der Waals surface area contributed by atoms with Crippen molar-refractivity contribution < 1.29 is 19.1 Å². The third-order valence-corrected chi connectivity index (χ3v) is 4.43. The summed E-state index contributed by atoms with van der Waals surface area (Å²) in [5, 5.41) is 14.6. The molecule has 0 fully saturated rings. The number of benzene rings is 2. The predicted molar refractivity (Wildman–Crippen MR) is 107 cm³/mol. The first-order valence-corrected chi connectivity index (χ1v) is 8.85. The van der Waals surface area contributed by atoms with Crippen LogP contribution >= 0.6 is 11.6 Å². The number of carbonyl (C=O) groups excluding carboxylic acids is 3. The molecule has 4 rings (SSSR count). The summed E-state index contributed by atoms with van der Waals surface area (Å²) >= 11 is 6.16. The van der Waals surface area contributed by atoms with Crippen LogP contribution in [0.5, 0.6) is 5.75 Å². The van der Waals surface area contributed by atoms with Crippen molar-refractivity contribution in [2.24, 2.45) is 0 Å². The van der Waals surface area contributed by atoms with Crippen molar-refractivity contribution in [1.29, 1.82) is 0 Å². The van der Waals surface area contributed by atoms with E-state index in [4.69, 9.17) is 16.3 Å². The Kier molecular flexibility index (Phi) is 4.88.